The number of hydrogen-bond donors (Lipinski definition) is 2. The van der Waals surface area contributed by atoms with Crippen molar-refractivity contribution in [1.29, 1.82) is 0 Å². The van der Waals surface area contributed by atoms with E-state index in [0.29, 0.717) is 28.6 Å². The van der Waals surface area contributed by atoms with E-state index in [4.69, 9.17) is 16.3 Å². The topological polar surface area (TPSA) is 97.4 Å². The summed E-state index contributed by atoms with van der Waals surface area (Å²) in [5, 5.41) is 5.15. The number of anilines is 2. The van der Waals surface area contributed by atoms with Gasteiger partial charge in [0.1, 0.15) is 5.75 Å². The molecule has 1 aromatic heterocycles. The molecule has 0 aliphatic heterocycles. The van der Waals surface area contributed by atoms with Crippen molar-refractivity contribution < 1.29 is 17.9 Å². The van der Waals surface area contributed by atoms with Crippen molar-refractivity contribution >= 4 is 49.7 Å². The lowest BCUT2D eigenvalue weighted by Gasteiger charge is -2.07. The van der Waals surface area contributed by atoms with Gasteiger partial charge in [0, 0.05) is 17.5 Å². The van der Waals surface area contributed by atoms with Crippen LogP contribution in [0.4, 0.5) is 10.8 Å². The van der Waals surface area contributed by atoms with Gasteiger partial charge >= 0.3 is 0 Å². The van der Waals surface area contributed by atoms with E-state index in [1.807, 2.05) is 6.92 Å². The molecule has 3 rings (SSSR count). The number of sulfonamides is 1. The number of thiazole rings is 1. The summed E-state index contributed by atoms with van der Waals surface area (Å²) >= 11 is 7.22. The third-order valence-corrected chi connectivity index (χ3v) is 6.73. The van der Waals surface area contributed by atoms with Crippen LogP contribution in [0, 0.1) is 6.92 Å². The van der Waals surface area contributed by atoms with E-state index in [9.17, 15) is 13.2 Å². The van der Waals surface area contributed by atoms with Gasteiger partial charge in [-0.05, 0) is 43.7 Å². The average molecular weight is 466 g/mol. The summed E-state index contributed by atoms with van der Waals surface area (Å²) in [6.45, 7) is 1.89. The summed E-state index contributed by atoms with van der Waals surface area (Å²) in [4.78, 5) is 16.6. The van der Waals surface area contributed by atoms with Crippen LogP contribution in [0.25, 0.3) is 0 Å². The predicted molar refractivity (Wildman–Crippen MR) is 119 cm³/mol. The normalized spacial score (nSPS) is 11.2. The van der Waals surface area contributed by atoms with Gasteiger partial charge in [0.25, 0.3) is 10.0 Å². The molecule has 2 N–H and O–H groups in total. The van der Waals surface area contributed by atoms with Crippen LogP contribution < -0.4 is 14.8 Å². The van der Waals surface area contributed by atoms with E-state index >= 15 is 0 Å². The smallest absolute Gasteiger partial charge is 0.263 e. The summed E-state index contributed by atoms with van der Waals surface area (Å²) in [5.41, 5.74) is 2.17. The standard InChI is InChI=1S/C20H20ClN3O4S2/c1-13-3-7-16(8-4-13)30(26,27)24-20-23-15(12-29-20)6-10-19(25)22-14-5-9-18(28-2)17(21)11-14/h3-5,7-9,11-12H,6,10H2,1-2H3,(H,22,25)(H,23,24). The SMILES string of the molecule is COc1ccc(NC(=O)CCc2csc(NS(=O)(=O)c3ccc(C)cc3)n2)cc1Cl. The van der Waals surface area contributed by atoms with Crippen LogP contribution in [0.5, 0.6) is 5.75 Å². The molecule has 7 nitrogen and oxygen atoms in total. The predicted octanol–water partition coefficient (Wildman–Crippen LogP) is 4.49. The van der Waals surface area contributed by atoms with Crippen molar-refractivity contribution in [3.8, 4) is 5.75 Å². The molecule has 0 unspecified atom stereocenters. The fourth-order valence-corrected chi connectivity index (χ4v) is 4.82. The highest BCUT2D eigenvalue weighted by atomic mass is 35.5. The van der Waals surface area contributed by atoms with E-state index in [0.717, 1.165) is 5.56 Å². The van der Waals surface area contributed by atoms with Gasteiger partial charge in [0.2, 0.25) is 5.91 Å². The van der Waals surface area contributed by atoms with E-state index in [2.05, 4.69) is 15.0 Å². The number of methoxy groups -OCH3 is 1. The first-order valence-electron chi connectivity index (χ1n) is 8.94. The summed E-state index contributed by atoms with van der Waals surface area (Å²) in [5.74, 6) is 0.323. The molecular weight excluding hydrogens is 446 g/mol. The molecule has 0 aliphatic carbocycles. The number of ether oxygens (including phenoxy) is 1. The number of rotatable bonds is 8. The zero-order chi connectivity index (χ0) is 21.7. The highest BCUT2D eigenvalue weighted by molar-refractivity contribution is 7.93. The molecule has 30 heavy (non-hydrogen) atoms. The highest BCUT2D eigenvalue weighted by Gasteiger charge is 2.16. The Labute approximate surface area is 184 Å². The molecule has 0 spiro atoms. The van der Waals surface area contributed by atoms with E-state index in [1.165, 1.54) is 18.4 Å². The molecule has 3 aromatic rings. The van der Waals surface area contributed by atoms with Gasteiger partial charge in [0.15, 0.2) is 5.13 Å². The van der Waals surface area contributed by atoms with Gasteiger partial charge < -0.3 is 10.1 Å². The Hall–Kier alpha value is -2.62. The second-order valence-electron chi connectivity index (χ2n) is 6.46. The Morgan fingerprint density at radius 2 is 1.93 bits per heavy atom. The number of halogens is 1. The number of benzene rings is 2. The number of aryl methyl sites for hydroxylation is 2. The maximum absolute atomic E-state index is 12.4. The van der Waals surface area contributed by atoms with Crippen molar-refractivity contribution in [2.45, 2.75) is 24.7 Å². The maximum atomic E-state index is 12.4. The molecule has 0 bridgehead atoms. The van der Waals surface area contributed by atoms with Gasteiger partial charge in [-0.15, -0.1) is 11.3 Å². The minimum atomic E-state index is -3.70. The van der Waals surface area contributed by atoms with E-state index < -0.39 is 10.0 Å². The average Bonchev–Trinajstić information content (AvgIpc) is 3.13. The molecule has 158 valence electrons. The van der Waals surface area contributed by atoms with Gasteiger partial charge in [-0.25, -0.2) is 13.4 Å². The first-order valence-corrected chi connectivity index (χ1v) is 11.7. The Balaban J connectivity index is 1.55. The van der Waals surface area contributed by atoms with Crippen LogP contribution in [0.3, 0.4) is 0 Å². The number of amides is 1. The Morgan fingerprint density at radius 1 is 1.20 bits per heavy atom. The van der Waals surface area contributed by atoms with E-state index in [1.54, 1.807) is 47.8 Å². The minimum absolute atomic E-state index is 0.169. The van der Waals surface area contributed by atoms with Crippen LogP contribution in [-0.4, -0.2) is 26.4 Å². The Kier molecular flexibility index (Phi) is 6.96. The van der Waals surface area contributed by atoms with Gasteiger partial charge in [0.05, 0.1) is 22.7 Å². The zero-order valence-corrected chi connectivity index (χ0v) is 18.7. The minimum Gasteiger partial charge on any atom is -0.495 e. The number of aromatic nitrogens is 1. The molecule has 2 aromatic carbocycles. The van der Waals surface area contributed by atoms with Crippen molar-refractivity contribution in [2.75, 3.05) is 17.1 Å². The first kappa shape index (κ1) is 22.1. The molecule has 0 saturated carbocycles. The van der Waals surface area contributed by atoms with Crippen LogP contribution in [0.1, 0.15) is 17.7 Å². The molecule has 0 aliphatic rings. The number of nitrogens with one attached hydrogen (secondary N) is 2. The Morgan fingerprint density at radius 3 is 2.60 bits per heavy atom. The first-order chi connectivity index (χ1) is 14.3. The summed E-state index contributed by atoms with van der Waals surface area (Å²) in [6, 6.07) is 11.5. The van der Waals surface area contributed by atoms with Crippen LogP contribution in [-0.2, 0) is 21.2 Å². The van der Waals surface area contributed by atoms with Crippen LogP contribution in [0.15, 0.2) is 52.7 Å². The second kappa shape index (κ2) is 9.46. The molecule has 0 radical (unpaired) electrons. The third-order valence-electron chi connectivity index (χ3n) is 4.15. The Bertz CT molecular complexity index is 1150. The third kappa shape index (κ3) is 5.71. The van der Waals surface area contributed by atoms with Crippen molar-refractivity contribution in [2.24, 2.45) is 0 Å². The van der Waals surface area contributed by atoms with Crippen LogP contribution in [0.2, 0.25) is 5.02 Å². The highest BCUT2D eigenvalue weighted by Crippen LogP contribution is 2.27. The van der Waals surface area contributed by atoms with Gasteiger partial charge in [-0.1, -0.05) is 29.3 Å². The number of hydrogen-bond acceptors (Lipinski definition) is 6. The lowest BCUT2D eigenvalue weighted by atomic mass is 10.2. The molecule has 0 fully saturated rings. The maximum Gasteiger partial charge on any atom is 0.263 e. The lowest BCUT2D eigenvalue weighted by Crippen LogP contribution is -2.13. The summed E-state index contributed by atoms with van der Waals surface area (Å²) < 4.78 is 32.4. The zero-order valence-electron chi connectivity index (χ0n) is 16.3. The van der Waals surface area contributed by atoms with Crippen molar-refractivity contribution in [1.82, 2.24) is 4.98 Å². The second-order valence-corrected chi connectivity index (χ2v) is 9.41. The summed E-state index contributed by atoms with van der Waals surface area (Å²) in [6.07, 6.45) is 0.565. The number of carbonyl (C=O) groups excluding carboxylic acids is 1. The molecule has 0 atom stereocenters. The molecular formula is C20H20ClN3O4S2. The number of nitrogens with zero attached hydrogens (tertiary/aromatic N) is 1. The largest absolute Gasteiger partial charge is 0.495 e. The molecule has 0 saturated heterocycles. The van der Waals surface area contributed by atoms with Crippen molar-refractivity contribution in [3.63, 3.8) is 0 Å². The monoisotopic (exact) mass is 465 g/mol. The van der Waals surface area contributed by atoms with E-state index in [-0.39, 0.29) is 22.4 Å². The van der Waals surface area contributed by atoms with Crippen LogP contribution >= 0.6 is 22.9 Å². The fraction of sp³-hybridized carbons (Fsp3) is 0.200. The molecule has 1 heterocycles. The van der Waals surface area contributed by atoms with Gasteiger partial charge in [-0.3, -0.25) is 9.52 Å². The lowest BCUT2D eigenvalue weighted by molar-refractivity contribution is -0.116. The number of carbonyl (C=O) groups is 1. The molecule has 10 heteroatoms. The van der Waals surface area contributed by atoms with Gasteiger partial charge in [-0.2, -0.15) is 0 Å². The quantitative estimate of drug-likeness (QED) is 0.511. The fourth-order valence-electron chi connectivity index (χ4n) is 2.57. The van der Waals surface area contributed by atoms with Crippen molar-refractivity contribution in [3.05, 3.63) is 64.1 Å². The molecule has 1 amide bonds. The summed E-state index contributed by atoms with van der Waals surface area (Å²) in [7, 11) is -2.19.